The fourth-order valence-corrected chi connectivity index (χ4v) is 3.52. The molecule has 142 valence electrons. The molecule has 8 heteroatoms. The lowest BCUT2D eigenvalue weighted by molar-refractivity contribution is 0.0950. The largest absolute Gasteiger partial charge is 0.486 e. The number of nitrogens with one attached hydrogen (secondary N) is 2. The fraction of sp³-hybridized carbons (Fsp3) is 0.211. The average molecular weight is 388 g/mol. The van der Waals surface area contributed by atoms with Crippen molar-refractivity contribution in [3.63, 3.8) is 0 Å². The summed E-state index contributed by atoms with van der Waals surface area (Å²) in [6, 6.07) is 11.2. The van der Waals surface area contributed by atoms with E-state index in [9.17, 15) is 13.2 Å². The molecule has 2 aromatic carbocycles. The lowest BCUT2D eigenvalue weighted by Gasteiger charge is -2.19. The van der Waals surface area contributed by atoms with E-state index in [2.05, 4.69) is 16.6 Å². The summed E-state index contributed by atoms with van der Waals surface area (Å²) in [5.74, 6) is 1.06. The lowest BCUT2D eigenvalue weighted by atomic mass is 10.1. The number of sulfonamides is 1. The molecule has 0 aliphatic carbocycles. The number of hydrogen-bond donors (Lipinski definition) is 2. The third-order valence-electron chi connectivity index (χ3n) is 3.90. The first kappa shape index (κ1) is 18.9. The Labute approximate surface area is 158 Å². The van der Waals surface area contributed by atoms with Crippen molar-refractivity contribution in [2.75, 3.05) is 19.8 Å². The third kappa shape index (κ3) is 4.66. The molecule has 0 unspecified atom stereocenters. The van der Waals surface area contributed by atoms with Crippen LogP contribution in [-0.4, -0.2) is 34.1 Å². The number of hydrogen-bond acceptors (Lipinski definition) is 5. The van der Waals surface area contributed by atoms with Gasteiger partial charge in [-0.1, -0.05) is 12.1 Å². The van der Waals surface area contributed by atoms with Crippen molar-refractivity contribution in [1.29, 1.82) is 0 Å². The molecule has 3 rings (SSSR count). The van der Waals surface area contributed by atoms with Crippen LogP contribution in [-0.2, 0) is 16.6 Å². The van der Waals surface area contributed by atoms with Gasteiger partial charge in [-0.05, 0) is 42.0 Å². The van der Waals surface area contributed by atoms with Gasteiger partial charge in [0.15, 0.2) is 11.5 Å². The zero-order valence-electron chi connectivity index (χ0n) is 14.6. The van der Waals surface area contributed by atoms with E-state index in [0.29, 0.717) is 36.8 Å². The molecule has 1 amide bonds. The van der Waals surface area contributed by atoms with E-state index in [1.165, 1.54) is 30.3 Å². The molecule has 27 heavy (non-hydrogen) atoms. The highest BCUT2D eigenvalue weighted by Gasteiger charge is 2.15. The van der Waals surface area contributed by atoms with Crippen LogP contribution in [0.5, 0.6) is 11.5 Å². The van der Waals surface area contributed by atoms with Crippen molar-refractivity contribution < 1.29 is 22.7 Å². The van der Waals surface area contributed by atoms with Crippen molar-refractivity contribution in [3.8, 4) is 11.5 Å². The molecule has 2 N–H and O–H groups in total. The van der Waals surface area contributed by atoms with Gasteiger partial charge in [0.05, 0.1) is 4.90 Å². The summed E-state index contributed by atoms with van der Waals surface area (Å²) in [6.07, 6.45) is 1.46. The first-order valence-electron chi connectivity index (χ1n) is 8.37. The topological polar surface area (TPSA) is 93.7 Å². The SMILES string of the molecule is C=CCNS(=O)(=O)c1ccc(C(=O)NCc2ccc3c(c2)OCCO3)cc1. The van der Waals surface area contributed by atoms with Gasteiger partial charge < -0.3 is 14.8 Å². The minimum absolute atomic E-state index is 0.0905. The van der Waals surface area contributed by atoms with Gasteiger partial charge in [0.2, 0.25) is 10.0 Å². The van der Waals surface area contributed by atoms with Gasteiger partial charge in [-0.25, -0.2) is 13.1 Å². The monoisotopic (exact) mass is 388 g/mol. The van der Waals surface area contributed by atoms with Crippen molar-refractivity contribution in [2.24, 2.45) is 0 Å². The Morgan fingerprint density at radius 1 is 1.07 bits per heavy atom. The number of rotatable bonds is 7. The molecule has 0 spiro atoms. The molecule has 2 aromatic rings. The van der Waals surface area contributed by atoms with E-state index in [0.717, 1.165) is 5.56 Å². The number of ether oxygens (including phenoxy) is 2. The van der Waals surface area contributed by atoms with E-state index in [4.69, 9.17) is 9.47 Å². The number of fused-ring (bicyclic) bond motifs is 1. The Morgan fingerprint density at radius 2 is 1.78 bits per heavy atom. The summed E-state index contributed by atoms with van der Waals surface area (Å²) in [5, 5.41) is 2.80. The number of benzene rings is 2. The van der Waals surface area contributed by atoms with Gasteiger partial charge in [-0.15, -0.1) is 6.58 Å². The highest BCUT2D eigenvalue weighted by Crippen LogP contribution is 2.30. The molecule has 0 saturated carbocycles. The molecule has 0 bridgehead atoms. The second kappa shape index (κ2) is 8.24. The second-order valence-electron chi connectivity index (χ2n) is 5.83. The van der Waals surface area contributed by atoms with E-state index in [1.54, 1.807) is 0 Å². The molecule has 0 aromatic heterocycles. The van der Waals surface area contributed by atoms with Crippen LogP contribution < -0.4 is 19.5 Å². The van der Waals surface area contributed by atoms with Crippen LogP contribution in [0.3, 0.4) is 0 Å². The quantitative estimate of drug-likeness (QED) is 0.706. The van der Waals surface area contributed by atoms with E-state index in [1.807, 2.05) is 18.2 Å². The molecule has 1 aliphatic rings. The zero-order chi connectivity index (χ0) is 19.3. The first-order valence-corrected chi connectivity index (χ1v) is 9.85. The maximum absolute atomic E-state index is 12.3. The molecule has 0 atom stereocenters. The smallest absolute Gasteiger partial charge is 0.251 e. The summed E-state index contributed by atoms with van der Waals surface area (Å²) in [6.45, 7) is 4.95. The standard InChI is InChI=1S/C19H20N2O5S/c1-2-9-21-27(23,24)16-6-4-15(5-7-16)19(22)20-13-14-3-8-17-18(12-14)26-11-10-25-17/h2-8,12,21H,1,9-11,13H2,(H,20,22). The van der Waals surface area contributed by atoms with Crippen molar-refractivity contribution >= 4 is 15.9 Å². The highest BCUT2D eigenvalue weighted by atomic mass is 32.2. The molecule has 1 aliphatic heterocycles. The van der Waals surface area contributed by atoms with Crippen LogP contribution >= 0.6 is 0 Å². The molecular weight excluding hydrogens is 368 g/mol. The van der Waals surface area contributed by atoms with Crippen LogP contribution in [0.4, 0.5) is 0 Å². The lowest BCUT2D eigenvalue weighted by Crippen LogP contribution is -2.25. The minimum atomic E-state index is -3.61. The Bertz CT molecular complexity index is 939. The van der Waals surface area contributed by atoms with E-state index in [-0.39, 0.29) is 17.3 Å². The maximum atomic E-state index is 12.3. The van der Waals surface area contributed by atoms with Crippen LogP contribution in [0.1, 0.15) is 15.9 Å². The Hall–Kier alpha value is -2.84. The predicted octanol–water partition coefficient (Wildman–Crippen LogP) is 1.85. The molecule has 1 heterocycles. The first-order chi connectivity index (χ1) is 13.0. The van der Waals surface area contributed by atoms with Crippen molar-refractivity contribution in [3.05, 3.63) is 66.2 Å². The van der Waals surface area contributed by atoms with Gasteiger partial charge in [0.25, 0.3) is 5.91 Å². The Morgan fingerprint density at radius 3 is 2.48 bits per heavy atom. The Kier molecular flexibility index (Phi) is 5.78. The van der Waals surface area contributed by atoms with Gasteiger partial charge in [-0.2, -0.15) is 0 Å². The minimum Gasteiger partial charge on any atom is -0.486 e. The highest BCUT2D eigenvalue weighted by molar-refractivity contribution is 7.89. The maximum Gasteiger partial charge on any atom is 0.251 e. The zero-order valence-corrected chi connectivity index (χ0v) is 15.4. The normalized spacial score (nSPS) is 13.0. The van der Waals surface area contributed by atoms with Gasteiger partial charge in [0, 0.05) is 18.7 Å². The van der Waals surface area contributed by atoms with Gasteiger partial charge in [-0.3, -0.25) is 4.79 Å². The molecular formula is C19H20N2O5S. The summed E-state index contributed by atoms with van der Waals surface area (Å²) in [4.78, 5) is 12.4. The summed E-state index contributed by atoms with van der Waals surface area (Å²) >= 11 is 0. The molecule has 0 fully saturated rings. The third-order valence-corrected chi connectivity index (χ3v) is 5.34. The molecule has 0 saturated heterocycles. The summed E-state index contributed by atoms with van der Waals surface area (Å²) in [7, 11) is -3.61. The van der Waals surface area contributed by atoms with Crippen LogP contribution in [0.15, 0.2) is 60.0 Å². The van der Waals surface area contributed by atoms with Crippen LogP contribution in [0, 0.1) is 0 Å². The number of carbonyl (C=O) groups is 1. The number of carbonyl (C=O) groups excluding carboxylic acids is 1. The van der Waals surface area contributed by atoms with Crippen LogP contribution in [0.25, 0.3) is 0 Å². The fourth-order valence-electron chi connectivity index (χ4n) is 2.52. The van der Waals surface area contributed by atoms with Crippen molar-refractivity contribution in [2.45, 2.75) is 11.4 Å². The van der Waals surface area contributed by atoms with Gasteiger partial charge in [0.1, 0.15) is 13.2 Å². The predicted molar refractivity (Wildman–Crippen MR) is 100 cm³/mol. The molecule has 7 nitrogen and oxygen atoms in total. The van der Waals surface area contributed by atoms with E-state index >= 15 is 0 Å². The number of amides is 1. The van der Waals surface area contributed by atoms with E-state index < -0.39 is 10.0 Å². The van der Waals surface area contributed by atoms with Crippen molar-refractivity contribution in [1.82, 2.24) is 10.0 Å². The van der Waals surface area contributed by atoms with Gasteiger partial charge >= 0.3 is 0 Å². The average Bonchev–Trinajstić information content (AvgIpc) is 2.70. The summed E-state index contributed by atoms with van der Waals surface area (Å²) < 4.78 is 37.4. The molecule has 0 radical (unpaired) electrons. The van der Waals surface area contributed by atoms with Crippen LogP contribution in [0.2, 0.25) is 0 Å². The Balaban J connectivity index is 1.62. The second-order valence-corrected chi connectivity index (χ2v) is 7.59. The summed E-state index contributed by atoms with van der Waals surface area (Å²) in [5.41, 5.74) is 1.25.